The Kier molecular flexibility index (Phi) is 20.7. The van der Waals surface area contributed by atoms with Crippen LogP contribution in [0.15, 0.2) is 42.5 Å². The lowest BCUT2D eigenvalue weighted by molar-refractivity contribution is -0.143. The molecular formula is C58H73F2N8O12PS. The number of imide groups is 1. The van der Waals surface area contributed by atoms with Crippen molar-refractivity contribution >= 4 is 82.2 Å². The van der Waals surface area contributed by atoms with Crippen LogP contribution in [0.5, 0.6) is 0 Å². The zero-order chi connectivity index (χ0) is 58.7. The van der Waals surface area contributed by atoms with E-state index in [0.29, 0.717) is 68.2 Å². The molecule has 8 rings (SSSR count). The van der Waals surface area contributed by atoms with Crippen molar-refractivity contribution in [2.75, 3.05) is 6.54 Å². The average molecular weight is 1180 g/mol. The Hall–Kier alpha value is -6.60. The molecule has 442 valence electrons. The third kappa shape index (κ3) is 15.0. The van der Waals surface area contributed by atoms with Crippen LogP contribution in [0.25, 0.3) is 10.1 Å². The minimum atomic E-state index is -5.84. The standard InChI is InChI=1S/C58H73F2N8O12PS/c59-58(60,81(78,79)80)38-23-28-46-37(32-38)33-47(82-46)54(74)64-43-22-13-12-20-39-24-26-45(68(39)57(43)77)53(73)63-42(25-29-48(61)69)51(71)66-50(36-17-10-8-11-18-36)55(75)62-31-14-7-5-3-1-2-4-6-9-16-35-19-15-21-40-41(35)34-67(56(40)76)44-27-30-49(70)65-52(44)72/h15,19,21,23,28,32-33,36,39,42-45,50H,1-8,10-14,17-18,20,22,24-27,29-31,34H2,(H2,61,69)(H,62,75)(H,63,73)(H,64,74)(H,66,71)(H,65,70,72)(H2,78,79,80)/t39-,42?,43-,44?,45-,50?/m0/s1. The van der Waals surface area contributed by atoms with Crippen LogP contribution in [-0.4, -0.2) is 116 Å². The summed E-state index contributed by atoms with van der Waals surface area (Å²) in [4.78, 5) is 141. The van der Waals surface area contributed by atoms with Gasteiger partial charge < -0.3 is 46.6 Å². The van der Waals surface area contributed by atoms with E-state index in [4.69, 9.17) is 5.73 Å². The van der Waals surface area contributed by atoms with Crippen LogP contribution in [0.4, 0.5) is 8.78 Å². The van der Waals surface area contributed by atoms with Crippen LogP contribution in [-0.2, 0) is 50.3 Å². The van der Waals surface area contributed by atoms with Crippen molar-refractivity contribution in [3.05, 3.63) is 69.6 Å². The largest absolute Gasteiger partial charge is 0.399 e. The molecule has 1 aromatic heterocycles. The van der Waals surface area contributed by atoms with Crippen molar-refractivity contribution in [2.45, 2.75) is 196 Å². The molecule has 3 unspecified atom stereocenters. The van der Waals surface area contributed by atoms with Gasteiger partial charge in [0, 0.05) is 59.8 Å². The summed E-state index contributed by atoms with van der Waals surface area (Å²) in [7, 11) is -5.84. The van der Waals surface area contributed by atoms with E-state index in [2.05, 4.69) is 38.4 Å². The Balaban J connectivity index is 0.801. The number of rotatable bonds is 23. The van der Waals surface area contributed by atoms with Crippen LogP contribution in [0.3, 0.4) is 0 Å². The van der Waals surface area contributed by atoms with Gasteiger partial charge in [0.05, 0.1) is 4.88 Å². The molecule has 3 aromatic rings. The Bertz CT molecular complexity index is 3040. The molecule has 20 nitrogen and oxygen atoms in total. The predicted octanol–water partition coefficient (Wildman–Crippen LogP) is 6.03. The number of amides is 9. The summed E-state index contributed by atoms with van der Waals surface area (Å²) < 4.78 is 40.9. The third-order valence-electron chi connectivity index (χ3n) is 16.5. The molecule has 1 saturated carbocycles. The van der Waals surface area contributed by atoms with Crippen LogP contribution in [0.2, 0.25) is 0 Å². The van der Waals surface area contributed by atoms with Gasteiger partial charge in [0.1, 0.15) is 30.2 Å². The number of unbranched alkanes of at least 4 members (excludes halogenated alkanes) is 7. The number of halogens is 2. The van der Waals surface area contributed by atoms with Crippen molar-refractivity contribution in [1.29, 1.82) is 0 Å². The lowest BCUT2D eigenvalue weighted by Gasteiger charge is -2.36. The maximum atomic E-state index is 14.5. The van der Waals surface area contributed by atoms with Gasteiger partial charge in [-0.3, -0.25) is 53.0 Å². The van der Waals surface area contributed by atoms with Gasteiger partial charge in [-0.15, -0.1) is 11.3 Å². The summed E-state index contributed by atoms with van der Waals surface area (Å²) in [5, 5.41) is 14.0. The number of primary amides is 1. The van der Waals surface area contributed by atoms with Crippen LogP contribution in [0.1, 0.15) is 184 Å². The second-order valence-corrected chi connectivity index (χ2v) is 25.0. The highest BCUT2D eigenvalue weighted by Crippen LogP contribution is 2.59. The van der Waals surface area contributed by atoms with E-state index in [1.165, 1.54) is 21.9 Å². The number of nitrogens with one attached hydrogen (secondary N) is 5. The molecule has 4 fully saturated rings. The molecule has 0 radical (unpaired) electrons. The molecule has 0 spiro atoms. The molecule has 4 aliphatic heterocycles. The number of benzene rings is 2. The molecular weight excluding hydrogens is 1100 g/mol. The summed E-state index contributed by atoms with van der Waals surface area (Å²) >= 11 is 0.946. The van der Waals surface area contributed by atoms with Gasteiger partial charge >= 0.3 is 13.3 Å². The first-order valence-electron chi connectivity index (χ1n) is 28.7. The lowest BCUT2D eigenvalue weighted by atomic mass is 9.83. The smallest absolute Gasteiger partial charge is 0.370 e. The zero-order valence-corrected chi connectivity index (χ0v) is 47.5. The molecule has 1 aliphatic carbocycles. The summed E-state index contributed by atoms with van der Waals surface area (Å²) in [5.41, 5.74) is 2.25. The van der Waals surface area contributed by atoms with Gasteiger partial charge in [-0.1, -0.05) is 88.2 Å². The second-order valence-electron chi connectivity index (χ2n) is 22.3. The van der Waals surface area contributed by atoms with Gasteiger partial charge in [-0.25, -0.2) is 0 Å². The van der Waals surface area contributed by atoms with E-state index >= 15 is 0 Å². The number of nitrogens with two attached hydrogens (primary N) is 1. The van der Waals surface area contributed by atoms with Crippen LogP contribution < -0.4 is 32.3 Å². The number of fused-ring (bicyclic) bond motifs is 3. The zero-order valence-electron chi connectivity index (χ0n) is 45.8. The van der Waals surface area contributed by atoms with E-state index < -0.39 is 84.5 Å². The normalized spacial score (nSPS) is 21.3. The summed E-state index contributed by atoms with van der Waals surface area (Å²) in [5.74, 6) is 1.76. The Morgan fingerprint density at radius 2 is 1.56 bits per heavy atom. The first-order chi connectivity index (χ1) is 39.2. The molecule has 6 atom stereocenters. The van der Waals surface area contributed by atoms with Crippen molar-refractivity contribution in [2.24, 2.45) is 11.7 Å². The Labute approximate surface area is 478 Å². The lowest BCUT2D eigenvalue weighted by Crippen LogP contribution is -2.60. The second kappa shape index (κ2) is 27.7. The fraction of sp³-hybridized carbons (Fsp3) is 0.569. The number of hydrogen-bond acceptors (Lipinski definition) is 11. The number of nitrogens with zero attached hydrogens (tertiary/aromatic N) is 2. The summed E-state index contributed by atoms with van der Waals surface area (Å²) in [6, 6.07) is 4.43. The van der Waals surface area contributed by atoms with Crippen molar-refractivity contribution in [1.82, 2.24) is 36.4 Å². The van der Waals surface area contributed by atoms with Crippen molar-refractivity contribution in [3.63, 3.8) is 0 Å². The quantitative estimate of drug-likeness (QED) is 0.0234. The first-order valence-corrected chi connectivity index (χ1v) is 31.2. The fourth-order valence-corrected chi connectivity index (χ4v) is 13.4. The molecule has 82 heavy (non-hydrogen) atoms. The molecule has 24 heteroatoms. The highest BCUT2D eigenvalue weighted by atomic mass is 32.1. The van der Waals surface area contributed by atoms with E-state index in [1.54, 1.807) is 12.1 Å². The highest BCUT2D eigenvalue weighted by Gasteiger charge is 2.51. The summed E-state index contributed by atoms with van der Waals surface area (Å²) in [6.45, 7) is 0.673. The molecule has 3 saturated heterocycles. The number of alkyl halides is 2. The number of carbonyl (C=O) groups is 9. The summed E-state index contributed by atoms with van der Waals surface area (Å²) in [6.07, 6.45) is 14.3. The van der Waals surface area contributed by atoms with Gasteiger partial charge in [0.25, 0.3) is 11.8 Å². The minimum absolute atomic E-state index is 0.0655. The van der Waals surface area contributed by atoms with E-state index in [-0.39, 0.29) is 78.6 Å². The first kappa shape index (κ1) is 61.5. The fourth-order valence-electron chi connectivity index (χ4n) is 12.0. The number of hydrogen-bond donors (Lipinski definition) is 8. The maximum absolute atomic E-state index is 14.5. The maximum Gasteiger partial charge on any atom is 0.399 e. The molecule has 9 N–H and O–H groups in total. The van der Waals surface area contributed by atoms with Crippen molar-refractivity contribution < 1.29 is 66.3 Å². The number of carbonyl (C=O) groups excluding carboxylic acids is 9. The van der Waals surface area contributed by atoms with E-state index in [1.807, 2.05) is 6.07 Å². The van der Waals surface area contributed by atoms with Crippen LogP contribution >= 0.6 is 18.9 Å². The molecule has 9 amide bonds. The highest BCUT2D eigenvalue weighted by molar-refractivity contribution is 7.52. The van der Waals surface area contributed by atoms with Gasteiger partial charge in [0.2, 0.25) is 41.4 Å². The Morgan fingerprint density at radius 1 is 0.841 bits per heavy atom. The van der Waals surface area contributed by atoms with E-state index in [0.717, 1.165) is 98.8 Å². The molecule has 0 bridgehead atoms. The number of piperidine rings is 1. The minimum Gasteiger partial charge on any atom is -0.370 e. The molecule has 2 aromatic carbocycles. The van der Waals surface area contributed by atoms with Crippen LogP contribution in [0, 0.1) is 17.8 Å². The van der Waals surface area contributed by atoms with Crippen molar-refractivity contribution in [3.8, 4) is 11.8 Å². The molecule has 5 aliphatic rings. The molecule has 5 heterocycles. The Morgan fingerprint density at radius 3 is 2.29 bits per heavy atom. The predicted molar refractivity (Wildman–Crippen MR) is 299 cm³/mol. The van der Waals surface area contributed by atoms with Gasteiger partial charge in [-0.05, 0) is 111 Å². The topological polar surface area (TPSA) is 304 Å². The van der Waals surface area contributed by atoms with E-state index in [9.17, 15) is 66.3 Å². The SMILES string of the molecule is NC(=O)CCC(NC(=O)[C@@H]1CC[C@@H]2CCCC[C@H](NC(=O)c3cc4cc(C(F)(F)P(=O)(O)O)ccc4s3)C(=O)N21)C(=O)NC(C(=O)NCCCCCCCCCC#Cc1cccc2c1CN(C1CCC(=O)NC1=O)C2=O)C1CCCCC1. The monoisotopic (exact) mass is 1170 g/mol. The van der Waals surface area contributed by atoms with Gasteiger partial charge in [-0.2, -0.15) is 8.78 Å². The van der Waals surface area contributed by atoms with Gasteiger partial charge in [0.15, 0.2) is 0 Å². The third-order valence-corrected chi connectivity index (χ3v) is 18.6. The number of thiophene rings is 1. The average Bonchev–Trinajstić information content (AvgIpc) is 4.27.